The first-order valence-electron chi connectivity index (χ1n) is 8.48. The Morgan fingerprint density at radius 3 is 2.68 bits per heavy atom. The monoisotopic (exact) mass is 389 g/mol. The minimum atomic E-state index is -0.644. The van der Waals surface area contributed by atoms with E-state index in [0.717, 1.165) is 4.57 Å². The molecule has 1 atom stereocenters. The molecular formula is C18H20FN5O4. The molecule has 0 spiro atoms. The lowest BCUT2D eigenvalue weighted by Crippen LogP contribution is -2.43. The molecule has 10 heteroatoms. The van der Waals surface area contributed by atoms with Crippen LogP contribution in [0, 0.1) is 5.82 Å². The number of benzene rings is 1. The number of aryl methyl sites for hydroxylation is 2. The van der Waals surface area contributed by atoms with Crippen molar-refractivity contribution in [2.45, 2.75) is 19.5 Å². The topological polar surface area (TPSA) is 100 Å². The second-order valence-electron chi connectivity index (χ2n) is 6.44. The maximum atomic E-state index is 13.9. The SMILES string of the molecule is COc1ccc(C(C)NC(=O)Cn2c(=O)c3c(ncn3C)n(C)c2=O)cc1F. The molecule has 3 aromatic rings. The number of hydrogen-bond acceptors (Lipinski definition) is 5. The highest BCUT2D eigenvalue weighted by molar-refractivity contribution is 5.77. The van der Waals surface area contributed by atoms with E-state index in [1.54, 1.807) is 20.0 Å². The molecule has 2 aromatic heterocycles. The fourth-order valence-electron chi connectivity index (χ4n) is 3.00. The Kier molecular flexibility index (Phi) is 5.04. The van der Waals surface area contributed by atoms with E-state index < -0.39 is 35.6 Å². The van der Waals surface area contributed by atoms with Crippen molar-refractivity contribution in [1.82, 2.24) is 24.0 Å². The number of methoxy groups -OCH3 is 1. The summed E-state index contributed by atoms with van der Waals surface area (Å²) in [6.07, 6.45) is 1.43. The van der Waals surface area contributed by atoms with Gasteiger partial charge in [0, 0.05) is 14.1 Å². The van der Waals surface area contributed by atoms with E-state index in [-0.39, 0.29) is 16.9 Å². The predicted molar refractivity (Wildman–Crippen MR) is 99.7 cm³/mol. The Morgan fingerprint density at radius 2 is 2.04 bits per heavy atom. The molecule has 0 saturated carbocycles. The van der Waals surface area contributed by atoms with Crippen LogP contribution < -0.4 is 21.3 Å². The van der Waals surface area contributed by atoms with Crippen LogP contribution in [0.2, 0.25) is 0 Å². The summed E-state index contributed by atoms with van der Waals surface area (Å²) in [7, 11) is 4.47. The summed E-state index contributed by atoms with van der Waals surface area (Å²) in [5.74, 6) is -1.00. The van der Waals surface area contributed by atoms with Crippen molar-refractivity contribution < 1.29 is 13.9 Å². The van der Waals surface area contributed by atoms with E-state index in [0.29, 0.717) is 5.56 Å². The van der Waals surface area contributed by atoms with Crippen LogP contribution in [0.25, 0.3) is 11.2 Å². The third kappa shape index (κ3) is 3.28. The fourth-order valence-corrected chi connectivity index (χ4v) is 3.00. The Morgan fingerprint density at radius 1 is 1.32 bits per heavy atom. The van der Waals surface area contributed by atoms with E-state index in [1.807, 2.05) is 0 Å². The number of carbonyl (C=O) groups excluding carboxylic acids is 1. The molecule has 0 fully saturated rings. The van der Waals surface area contributed by atoms with E-state index in [4.69, 9.17) is 4.74 Å². The summed E-state index contributed by atoms with van der Waals surface area (Å²) in [6, 6.07) is 3.81. The number of fused-ring (bicyclic) bond motifs is 1. The molecule has 0 aliphatic heterocycles. The number of carbonyl (C=O) groups is 1. The number of aromatic nitrogens is 4. The molecule has 0 aliphatic carbocycles. The first kappa shape index (κ1) is 19.3. The van der Waals surface area contributed by atoms with Gasteiger partial charge >= 0.3 is 5.69 Å². The van der Waals surface area contributed by atoms with Gasteiger partial charge in [0.1, 0.15) is 6.54 Å². The summed E-state index contributed by atoms with van der Waals surface area (Å²) < 4.78 is 22.3. The highest BCUT2D eigenvalue weighted by atomic mass is 19.1. The number of ether oxygens (including phenoxy) is 1. The summed E-state index contributed by atoms with van der Waals surface area (Å²) in [5.41, 5.74) is -0.253. The molecule has 2 heterocycles. The molecule has 0 radical (unpaired) electrons. The van der Waals surface area contributed by atoms with Crippen molar-refractivity contribution in [2.24, 2.45) is 14.1 Å². The maximum absolute atomic E-state index is 13.9. The molecule has 0 aliphatic rings. The van der Waals surface area contributed by atoms with Crippen molar-refractivity contribution in [3.8, 4) is 5.75 Å². The van der Waals surface area contributed by atoms with Crippen LogP contribution in [0.4, 0.5) is 4.39 Å². The zero-order valence-corrected chi connectivity index (χ0v) is 15.9. The standard InChI is InChI=1S/C18H20FN5O4/c1-10(11-5-6-13(28-4)12(19)7-11)21-14(25)8-24-17(26)15-16(20-9-22(15)2)23(3)18(24)27/h5-7,9-10H,8H2,1-4H3,(H,21,25). The van der Waals surface area contributed by atoms with Gasteiger partial charge in [-0.1, -0.05) is 6.07 Å². The molecule has 1 aromatic carbocycles. The predicted octanol–water partition coefficient (Wildman–Crippen LogP) is 0.459. The molecular weight excluding hydrogens is 369 g/mol. The number of nitrogens with zero attached hydrogens (tertiary/aromatic N) is 4. The smallest absolute Gasteiger partial charge is 0.332 e. The third-order valence-electron chi connectivity index (χ3n) is 4.56. The van der Waals surface area contributed by atoms with Gasteiger partial charge in [-0.15, -0.1) is 0 Å². The van der Waals surface area contributed by atoms with Gasteiger partial charge in [0.2, 0.25) is 5.91 Å². The number of amides is 1. The van der Waals surface area contributed by atoms with Crippen molar-refractivity contribution >= 4 is 17.1 Å². The summed E-state index contributed by atoms with van der Waals surface area (Å²) >= 11 is 0. The van der Waals surface area contributed by atoms with Crippen LogP contribution in [0.3, 0.4) is 0 Å². The van der Waals surface area contributed by atoms with Crippen LogP contribution in [0.1, 0.15) is 18.5 Å². The number of halogens is 1. The lowest BCUT2D eigenvalue weighted by atomic mass is 10.1. The highest BCUT2D eigenvalue weighted by Crippen LogP contribution is 2.21. The van der Waals surface area contributed by atoms with Crippen LogP contribution >= 0.6 is 0 Å². The average Bonchev–Trinajstić information content (AvgIpc) is 3.05. The van der Waals surface area contributed by atoms with Crippen molar-refractivity contribution in [2.75, 3.05) is 7.11 Å². The molecule has 148 valence electrons. The van der Waals surface area contributed by atoms with E-state index in [2.05, 4.69) is 10.3 Å². The molecule has 1 N–H and O–H groups in total. The first-order chi connectivity index (χ1) is 13.2. The largest absolute Gasteiger partial charge is 0.494 e. The Bertz CT molecular complexity index is 1180. The van der Waals surface area contributed by atoms with Crippen LogP contribution in [0.15, 0.2) is 34.1 Å². The minimum Gasteiger partial charge on any atom is -0.494 e. The molecule has 3 rings (SSSR count). The van der Waals surface area contributed by atoms with Gasteiger partial charge in [-0.25, -0.2) is 18.7 Å². The van der Waals surface area contributed by atoms with Crippen LogP contribution in [-0.4, -0.2) is 31.7 Å². The zero-order valence-electron chi connectivity index (χ0n) is 15.9. The summed E-state index contributed by atoms with van der Waals surface area (Å²) in [5, 5.41) is 2.66. The van der Waals surface area contributed by atoms with Gasteiger partial charge in [-0.2, -0.15) is 0 Å². The Labute approximate surface area is 159 Å². The van der Waals surface area contributed by atoms with Gasteiger partial charge < -0.3 is 14.6 Å². The Hall–Kier alpha value is -3.43. The lowest BCUT2D eigenvalue weighted by molar-refractivity contribution is -0.122. The molecule has 9 nitrogen and oxygen atoms in total. The van der Waals surface area contributed by atoms with Gasteiger partial charge in [-0.3, -0.25) is 14.2 Å². The van der Waals surface area contributed by atoms with Crippen LogP contribution in [-0.2, 0) is 25.4 Å². The van der Waals surface area contributed by atoms with Crippen molar-refractivity contribution in [1.29, 1.82) is 0 Å². The number of rotatable bonds is 5. The van der Waals surface area contributed by atoms with E-state index >= 15 is 0 Å². The summed E-state index contributed by atoms with van der Waals surface area (Å²) in [6.45, 7) is 1.21. The van der Waals surface area contributed by atoms with Gasteiger partial charge in [0.15, 0.2) is 22.7 Å². The average molecular weight is 389 g/mol. The quantitative estimate of drug-likeness (QED) is 0.683. The highest BCUT2D eigenvalue weighted by Gasteiger charge is 2.18. The third-order valence-corrected chi connectivity index (χ3v) is 4.56. The van der Waals surface area contributed by atoms with Crippen molar-refractivity contribution in [3.05, 3.63) is 56.7 Å². The fraction of sp³-hybridized carbons (Fsp3) is 0.333. The number of imidazole rings is 1. The molecule has 28 heavy (non-hydrogen) atoms. The minimum absolute atomic E-state index is 0.0989. The molecule has 0 bridgehead atoms. The molecule has 1 unspecified atom stereocenters. The first-order valence-corrected chi connectivity index (χ1v) is 8.48. The Balaban J connectivity index is 1.85. The molecule has 0 saturated heterocycles. The van der Waals surface area contributed by atoms with E-state index in [1.165, 1.54) is 41.8 Å². The van der Waals surface area contributed by atoms with E-state index in [9.17, 15) is 18.8 Å². The molecule has 1 amide bonds. The van der Waals surface area contributed by atoms with Crippen molar-refractivity contribution in [3.63, 3.8) is 0 Å². The second kappa shape index (κ2) is 7.29. The van der Waals surface area contributed by atoms with Gasteiger partial charge in [0.05, 0.1) is 19.5 Å². The van der Waals surface area contributed by atoms with Gasteiger partial charge in [-0.05, 0) is 24.6 Å². The number of nitrogens with one attached hydrogen (secondary N) is 1. The normalized spacial score (nSPS) is 12.2. The summed E-state index contributed by atoms with van der Waals surface area (Å²) in [4.78, 5) is 41.5. The lowest BCUT2D eigenvalue weighted by Gasteiger charge is -2.16. The van der Waals surface area contributed by atoms with Gasteiger partial charge in [0.25, 0.3) is 5.56 Å². The van der Waals surface area contributed by atoms with Crippen LogP contribution in [0.5, 0.6) is 5.75 Å². The maximum Gasteiger partial charge on any atom is 0.332 e. The zero-order chi connectivity index (χ0) is 20.6. The number of hydrogen-bond donors (Lipinski definition) is 1. The second-order valence-corrected chi connectivity index (χ2v) is 6.44.